The molecule has 4 rings (SSSR count). The average molecular weight is 375 g/mol. The summed E-state index contributed by atoms with van der Waals surface area (Å²) in [6.07, 6.45) is 4.10. The number of benzene rings is 2. The maximum atomic E-state index is 13.1. The number of ketones is 1. The first-order valence-corrected chi connectivity index (χ1v) is 9.83. The maximum absolute atomic E-state index is 13.1. The van der Waals surface area contributed by atoms with E-state index in [0.29, 0.717) is 23.4 Å². The first-order valence-electron chi connectivity index (χ1n) is 9.83. The van der Waals surface area contributed by atoms with Gasteiger partial charge >= 0.3 is 0 Å². The lowest BCUT2D eigenvalue weighted by atomic mass is 9.85. The van der Waals surface area contributed by atoms with Gasteiger partial charge in [0.25, 0.3) is 5.91 Å². The van der Waals surface area contributed by atoms with E-state index in [1.807, 2.05) is 31.2 Å². The fourth-order valence-corrected chi connectivity index (χ4v) is 4.35. The van der Waals surface area contributed by atoms with Crippen LogP contribution in [0.4, 0.5) is 5.69 Å². The summed E-state index contributed by atoms with van der Waals surface area (Å²) >= 11 is 0. The zero-order valence-corrected chi connectivity index (χ0v) is 16.2. The number of hydrogen-bond donors (Lipinski definition) is 1. The molecule has 0 bridgehead atoms. The monoisotopic (exact) mass is 375 g/mol. The predicted octanol–water partition coefficient (Wildman–Crippen LogP) is 3.95. The third kappa shape index (κ3) is 3.08. The van der Waals surface area contributed by atoms with Crippen molar-refractivity contribution in [3.63, 3.8) is 0 Å². The van der Waals surface area contributed by atoms with Gasteiger partial charge in [0.2, 0.25) is 0 Å². The second kappa shape index (κ2) is 7.02. The summed E-state index contributed by atoms with van der Waals surface area (Å²) < 4.78 is 0. The molecule has 1 atom stereocenters. The van der Waals surface area contributed by atoms with Gasteiger partial charge in [-0.15, -0.1) is 0 Å². The molecular formula is C24H25NO3. The highest BCUT2D eigenvalue weighted by atomic mass is 16.3. The Morgan fingerprint density at radius 3 is 2.61 bits per heavy atom. The van der Waals surface area contributed by atoms with Crippen LogP contribution < -0.4 is 4.90 Å². The van der Waals surface area contributed by atoms with Crippen LogP contribution in [0.5, 0.6) is 0 Å². The normalized spacial score (nSPS) is 20.6. The molecule has 1 aliphatic heterocycles. The van der Waals surface area contributed by atoms with E-state index < -0.39 is 11.5 Å². The lowest BCUT2D eigenvalue weighted by Gasteiger charge is -2.23. The van der Waals surface area contributed by atoms with Gasteiger partial charge in [-0.05, 0) is 55.9 Å². The molecule has 0 spiro atoms. The quantitative estimate of drug-likeness (QED) is 0.636. The van der Waals surface area contributed by atoms with E-state index >= 15 is 0 Å². The van der Waals surface area contributed by atoms with Crippen molar-refractivity contribution in [3.05, 3.63) is 76.9 Å². The van der Waals surface area contributed by atoms with Gasteiger partial charge in [0.1, 0.15) is 0 Å². The number of carbonyl (C=O) groups is 2. The van der Waals surface area contributed by atoms with E-state index in [1.165, 1.54) is 22.4 Å². The number of carbonyl (C=O) groups excluding carboxylic acids is 2. The molecule has 4 heteroatoms. The number of Topliss-reactive ketones (excluding diaryl/α,β-unsaturated/α-hetero) is 1. The zero-order valence-electron chi connectivity index (χ0n) is 16.2. The molecule has 0 radical (unpaired) electrons. The third-order valence-electron chi connectivity index (χ3n) is 5.75. The minimum absolute atomic E-state index is 0.212. The lowest BCUT2D eigenvalue weighted by Crippen LogP contribution is -2.42. The van der Waals surface area contributed by atoms with Gasteiger partial charge in [-0.2, -0.15) is 0 Å². The number of nitrogens with zero attached hydrogens (tertiary/aromatic N) is 1. The molecule has 144 valence electrons. The number of anilines is 1. The molecular weight excluding hydrogens is 350 g/mol. The van der Waals surface area contributed by atoms with Crippen molar-refractivity contribution in [3.8, 4) is 0 Å². The van der Waals surface area contributed by atoms with Gasteiger partial charge in [-0.25, -0.2) is 0 Å². The summed E-state index contributed by atoms with van der Waals surface area (Å²) in [6, 6.07) is 12.9. The molecule has 1 heterocycles. The van der Waals surface area contributed by atoms with Crippen LogP contribution in [0.1, 0.15) is 53.2 Å². The summed E-state index contributed by atoms with van der Waals surface area (Å²) in [7, 11) is 0. The van der Waals surface area contributed by atoms with Crippen molar-refractivity contribution in [2.45, 2.75) is 44.6 Å². The first kappa shape index (κ1) is 18.6. The summed E-state index contributed by atoms with van der Waals surface area (Å²) in [5, 5.41) is 11.3. The minimum Gasteiger partial charge on any atom is -0.375 e. The second-order valence-electron chi connectivity index (χ2n) is 8.02. The van der Waals surface area contributed by atoms with Crippen LogP contribution >= 0.6 is 0 Å². The Labute approximate surface area is 165 Å². The first-order chi connectivity index (χ1) is 13.4. The van der Waals surface area contributed by atoms with Crippen LogP contribution in [-0.4, -0.2) is 23.3 Å². The van der Waals surface area contributed by atoms with E-state index in [0.717, 1.165) is 24.8 Å². The van der Waals surface area contributed by atoms with Crippen LogP contribution in [0.3, 0.4) is 0 Å². The Balaban J connectivity index is 1.66. The van der Waals surface area contributed by atoms with Crippen molar-refractivity contribution in [2.75, 3.05) is 11.4 Å². The summed E-state index contributed by atoms with van der Waals surface area (Å²) in [5.41, 5.74) is 3.21. The van der Waals surface area contributed by atoms with Crippen LogP contribution in [0, 0.1) is 0 Å². The van der Waals surface area contributed by atoms with Crippen molar-refractivity contribution in [1.29, 1.82) is 0 Å². The highest BCUT2D eigenvalue weighted by Gasteiger charge is 2.50. The van der Waals surface area contributed by atoms with Gasteiger partial charge < -0.3 is 10.0 Å². The molecule has 28 heavy (non-hydrogen) atoms. The maximum Gasteiger partial charge on any atom is 0.264 e. The molecule has 0 fully saturated rings. The van der Waals surface area contributed by atoms with Gasteiger partial charge in [0, 0.05) is 17.7 Å². The Bertz CT molecular complexity index is 978. The number of para-hydroxylation sites is 1. The van der Waals surface area contributed by atoms with E-state index in [2.05, 4.69) is 6.58 Å². The number of fused-ring (bicyclic) bond motifs is 2. The largest absolute Gasteiger partial charge is 0.375 e. The van der Waals surface area contributed by atoms with Gasteiger partial charge in [0.15, 0.2) is 11.4 Å². The molecule has 1 unspecified atom stereocenters. The van der Waals surface area contributed by atoms with Crippen molar-refractivity contribution >= 4 is 17.4 Å². The average Bonchev–Trinajstić information content (AvgIpc) is 2.89. The number of hydrogen-bond acceptors (Lipinski definition) is 3. The highest BCUT2D eigenvalue weighted by molar-refractivity contribution is 6.11. The smallest absolute Gasteiger partial charge is 0.264 e. The van der Waals surface area contributed by atoms with Gasteiger partial charge in [-0.1, -0.05) is 42.5 Å². The van der Waals surface area contributed by atoms with E-state index in [1.54, 1.807) is 18.2 Å². The highest BCUT2D eigenvalue weighted by Crippen LogP contribution is 2.43. The minimum atomic E-state index is -1.83. The summed E-state index contributed by atoms with van der Waals surface area (Å²) in [6.45, 7) is 6.04. The van der Waals surface area contributed by atoms with Gasteiger partial charge in [0.05, 0.1) is 12.1 Å². The molecule has 2 aliphatic rings. The van der Waals surface area contributed by atoms with E-state index in [9.17, 15) is 14.7 Å². The van der Waals surface area contributed by atoms with Crippen LogP contribution in [0.25, 0.3) is 0 Å². The topological polar surface area (TPSA) is 57.6 Å². The van der Waals surface area contributed by atoms with Crippen molar-refractivity contribution in [1.82, 2.24) is 0 Å². The standard InChI is InChI=1S/C24H25NO3/c1-16(2)15-25-21-10-6-5-9-20(21)24(28,23(25)27)14-22(26)19-12-11-17-7-3-4-8-18(17)13-19/h5-6,9-13,28H,1,3-4,7-8,14-15H2,2H3. The molecule has 1 N–H and O–H groups in total. The Morgan fingerprint density at radius 2 is 1.86 bits per heavy atom. The van der Waals surface area contributed by atoms with Crippen molar-refractivity contribution < 1.29 is 14.7 Å². The molecule has 2 aromatic rings. The van der Waals surface area contributed by atoms with Crippen LogP contribution in [0.2, 0.25) is 0 Å². The number of amides is 1. The number of rotatable bonds is 5. The molecule has 0 aromatic heterocycles. The van der Waals surface area contributed by atoms with E-state index in [4.69, 9.17) is 0 Å². The lowest BCUT2D eigenvalue weighted by molar-refractivity contribution is -0.135. The predicted molar refractivity (Wildman–Crippen MR) is 110 cm³/mol. The van der Waals surface area contributed by atoms with Crippen LogP contribution in [0.15, 0.2) is 54.6 Å². The fourth-order valence-electron chi connectivity index (χ4n) is 4.35. The Hall–Kier alpha value is -2.72. The molecule has 4 nitrogen and oxygen atoms in total. The van der Waals surface area contributed by atoms with Gasteiger partial charge in [-0.3, -0.25) is 9.59 Å². The molecule has 1 aliphatic carbocycles. The Kier molecular flexibility index (Phi) is 4.68. The molecule has 0 saturated heterocycles. The van der Waals surface area contributed by atoms with Crippen LogP contribution in [-0.2, 0) is 23.2 Å². The molecule has 2 aromatic carbocycles. The molecule has 1 amide bonds. The SMILES string of the molecule is C=C(C)CN1C(=O)C(O)(CC(=O)c2ccc3c(c2)CCCC3)c2ccccc21. The van der Waals surface area contributed by atoms with E-state index in [-0.39, 0.29) is 12.2 Å². The Morgan fingerprint density at radius 1 is 1.14 bits per heavy atom. The van der Waals surface area contributed by atoms with Crippen molar-refractivity contribution in [2.24, 2.45) is 0 Å². The number of aryl methyl sites for hydroxylation is 2. The number of aliphatic hydroxyl groups is 1. The fraction of sp³-hybridized carbons (Fsp3) is 0.333. The molecule has 0 saturated carbocycles. The summed E-state index contributed by atoms with van der Waals surface area (Å²) in [4.78, 5) is 27.7. The zero-order chi connectivity index (χ0) is 19.9. The summed E-state index contributed by atoms with van der Waals surface area (Å²) in [5.74, 6) is -0.667. The second-order valence-corrected chi connectivity index (χ2v) is 8.02. The third-order valence-corrected chi connectivity index (χ3v) is 5.75.